The molecule has 0 spiro atoms. The lowest BCUT2D eigenvalue weighted by atomic mass is 10.1. The number of hydrogen-bond donors (Lipinski definition) is 1. The fraction of sp³-hybridized carbons (Fsp3) is 0.471. The van der Waals surface area contributed by atoms with Crippen LogP contribution in [0.2, 0.25) is 0 Å². The Balaban J connectivity index is 1.60. The number of para-hydroxylation sites is 1. The molecule has 1 N–H and O–H groups in total. The lowest BCUT2D eigenvalue weighted by Gasteiger charge is -2.20. The molecule has 0 bridgehead atoms. The summed E-state index contributed by atoms with van der Waals surface area (Å²) in [6.45, 7) is 3.04. The maximum Gasteiger partial charge on any atom is 0.261 e. The SMILES string of the molecule is CC(NC(=O)CCn1cnc2ccccc2c1=O)C1CCCO1. The van der Waals surface area contributed by atoms with Gasteiger partial charge in [-0.25, -0.2) is 4.98 Å². The predicted octanol–water partition coefficient (Wildman–Crippen LogP) is 1.47. The summed E-state index contributed by atoms with van der Waals surface area (Å²) < 4.78 is 7.05. The van der Waals surface area contributed by atoms with Crippen LogP contribution in [0.3, 0.4) is 0 Å². The second-order valence-electron chi connectivity index (χ2n) is 5.92. The number of benzene rings is 1. The summed E-state index contributed by atoms with van der Waals surface area (Å²) in [5.41, 5.74) is 0.556. The molecular formula is C17H21N3O3. The maximum absolute atomic E-state index is 12.3. The van der Waals surface area contributed by atoms with Crippen molar-refractivity contribution < 1.29 is 9.53 Å². The highest BCUT2D eigenvalue weighted by Crippen LogP contribution is 2.15. The first-order chi connectivity index (χ1) is 11.1. The molecule has 0 radical (unpaired) electrons. The van der Waals surface area contributed by atoms with Gasteiger partial charge in [-0.1, -0.05) is 12.1 Å². The summed E-state index contributed by atoms with van der Waals surface area (Å²) in [6.07, 6.45) is 3.88. The molecule has 1 aromatic heterocycles. The normalized spacial score (nSPS) is 18.9. The standard InChI is InChI=1S/C17H21N3O3/c1-12(15-7-4-10-23-15)19-16(21)8-9-20-11-18-14-6-3-2-5-13(14)17(20)22/h2-3,5-6,11-12,15H,4,7-10H2,1H3,(H,19,21). The van der Waals surface area contributed by atoms with Gasteiger partial charge in [0.2, 0.25) is 5.91 Å². The van der Waals surface area contributed by atoms with Crippen molar-refractivity contribution in [2.45, 2.75) is 44.9 Å². The molecule has 122 valence electrons. The number of aromatic nitrogens is 2. The average Bonchev–Trinajstić information content (AvgIpc) is 3.09. The van der Waals surface area contributed by atoms with Gasteiger partial charge >= 0.3 is 0 Å². The quantitative estimate of drug-likeness (QED) is 0.907. The topological polar surface area (TPSA) is 73.2 Å². The summed E-state index contributed by atoms with van der Waals surface area (Å²) in [5.74, 6) is -0.0759. The summed E-state index contributed by atoms with van der Waals surface area (Å²) in [4.78, 5) is 28.7. The monoisotopic (exact) mass is 315 g/mol. The van der Waals surface area contributed by atoms with Crippen molar-refractivity contribution >= 4 is 16.8 Å². The maximum atomic E-state index is 12.3. The van der Waals surface area contributed by atoms with Crippen molar-refractivity contribution in [1.29, 1.82) is 0 Å². The number of carbonyl (C=O) groups is 1. The third-order valence-corrected chi connectivity index (χ3v) is 4.22. The fourth-order valence-corrected chi connectivity index (χ4v) is 2.90. The molecule has 2 atom stereocenters. The number of fused-ring (bicyclic) bond motifs is 1. The first kappa shape index (κ1) is 15.7. The van der Waals surface area contributed by atoms with E-state index in [2.05, 4.69) is 10.3 Å². The zero-order chi connectivity index (χ0) is 16.2. The van der Waals surface area contributed by atoms with Gasteiger partial charge in [-0.2, -0.15) is 0 Å². The first-order valence-electron chi connectivity index (χ1n) is 8.00. The van der Waals surface area contributed by atoms with Crippen molar-refractivity contribution in [1.82, 2.24) is 14.9 Å². The minimum atomic E-state index is -0.115. The van der Waals surface area contributed by atoms with E-state index in [1.165, 1.54) is 10.9 Å². The Morgan fingerprint density at radius 1 is 1.48 bits per heavy atom. The summed E-state index contributed by atoms with van der Waals surface area (Å²) in [5, 5.41) is 3.52. The Kier molecular flexibility index (Phi) is 4.71. The number of ether oxygens (including phenoxy) is 1. The number of nitrogens with one attached hydrogen (secondary N) is 1. The highest BCUT2D eigenvalue weighted by Gasteiger charge is 2.23. The first-order valence-corrected chi connectivity index (χ1v) is 8.00. The van der Waals surface area contributed by atoms with Gasteiger partial charge in [0, 0.05) is 19.6 Å². The molecule has 3 rings (SSSR count). The Hall–Kier alpha value is -2.21. The third-order valence-electron chi connectivity index (χ3n) is 4.22. The number of aryl methyl sites for hydroxylation is 1. The number of hydrogen-bond acceptors (Lipinski definition) is 4. The third kappa shape index (κ3) is 3.59. The van der Waals surface area contributed by atoms with Crippen LogP contribution in [0.15, 0.2) is 35.4 Å². The van der Waals surface area contributed by atoms with Crippen molar-refractivity contribution in [2.75, 3.05) is 6.61 Å². The molecule has 2 unspecified atom stereocenters. The van der Waals surface area contributed by atoms with Crippen LogP contribution in [0.4, 0.5) is 0 Å². The Morgan fingerprint density at radius 3 is 3.09 bits per heavy atom. The van der Waals surface area contributed by atoms with E-state index in [0.717, 1.165) is 19.4 Å². The highest BCUT2D eigenvalue weighted by molar-refractivity contribution is 5.77. The molecule has 6 heteroatoms. The molecule has 1 amide bonds. The lowest BCUT2D eigenvalue weighted by molar-refractivity contribution is -0.122. The molecule has 1 aliphatic heterocycles. The zero-order valence-electron chi connectivity index (χ0n) is 13.2. The largest absolute Gasteiger partial charge is 0.376 e. The molecule has 1 aromatic carbocycles. The number of amides is 1. The molecule has 0 saturated carbocycles. The molecule has 1 saturated heterocycles. The Bertz CT molecular complexity index is 750. The van der Waals surface area contributed by atoms with Crippen molar-refractivity contribution in [3.05, 3.63) is 40.9 Å². The van der Waals surface area contributed by atoms with E-state index >= 15 is 0 Å². The second-order valence-corrected chi connectivity index (χ2v) is 5.92. The van der Waals surface area contributed by atoms with Gasteiger partial charge in [-0.05, 0) is 31.9 Å². The van der Waals surface area contributed by atoms with Crippen LogP contribution in [-0.2, 0) is 16.1 Å². The molecular weight excluding hydrogens is 294 g/mol. The van der Waals surface area contributed by atoms with E-state index in [0.29, 0.717) is 17.4 Å². The highest BCUT2D eigenvalue weighted by atomic mass is 16.5. The van der Waals surface area contributed by atoms with Gasteiger partial charge in [-0.15, -0.1) is 0 Å². The van der Waals surface area contributed by atoms with Gasteiger partial charge in [0.1, 0.15) is 0 Å². The van der Waals surface area contributed by atoms with Crippen LogP contribution in [0.1, 0.15) is 26.2 Å². The van der Waals surface area contributed by atoms with Gasteiger partial charge in [0.15, 0.2) is 0 Å². The molecule has 1 aliphatic rings. The van der Waals surface area contributed by atoms with E-state index < -0.39 is 0 Å². The molecule has 23 heavy (non-hydrogen) atoms. The van der Waals surface area contributed by atoms with Crippen molar-refractivity contribution in [3.8, 4) is 0 Å². The molecule has 6 nitrogen and oxygen atoms in total. The van der Waals surface area contributed by atoms with Crippen LogP contribution in [-0.4, -0.2) is 34.2 Å². The van der Waals surface area contributed by atoms with Crippen LogP contribution in [0.25, 0.3) is 10.9 Å². The smallest absolute Gasteiger partial charge is 0.261 e. The number of carbonyl (C=O) groups excluding carboxylic acids is 1. The Morgan fingerprint density at radius 2 is 2.30 bits per heavy atom. The predicted molar refractivity (Wildman–Crippen MR) is 87.2 cm³/mol. The van der Waals surface area contributed by atoms with Gasteiger partial charge in [0.25, 0.3) is 5.56 Å². The fourth-order valence-electron chi connectivity index (χ4n) is 2.90. The molecule has 1 fully saturated rings. The molecule has 2 aromatic rings. The van der Waals surface area contributed by atoms with E-state index in [1.807, 2.05) is 19.1 Å². The number of nitrogens with zero attached hydrogens (tertiary/aromatic N) is 2. The van der Waals surface area contributed by atoms with E-state index in [-0.39, 0.29) is 30.0 Å². The second kappa shape index (κ2) is 6.91. The van der Waals surface area contributed by atoms with E-state index in [1.54, 1.807) is 12.1 Å². The summed E-state index contributed by atoms with van der Waals surface area (Å²) >= 11 is 0. The van der Waals surface area contributed by atoms with Crippen LogP contribution in [0.5, 0.6) is 0 Å². The average molecular weight is 315 g/mol. The summed E-state index contributed by atoms with van der Waals surface area (Å²) in [7, 11) is 0. The van der Waals surface area contributed by atoms with Crippen LogP contribution < -0.4 is 10.9 Å². The van der Waals surface area contributed by atoms with E-state index in [4.69, 9.17) is 4.74 Å². The van der Waals surface area contributed by atoms with Gasteiger partial charge in [0.05, 0.1) is 29.4 Å². The van der Waals surface area contributed by atoms with Gasteiger partial charge < -0.3 is 10.1 Å². The van der Waals surface area contributed by atoms with E-state index in [9.17, 15) is 9.59 Å². The van der Waals surface area contributed by atoms with Crippen LogP contribution >= 0.6 is 0 Å². The Labute approximate surface area is 134 Å². The molecule has 0 aliphatic carbocycles. The van der Waals surface area contributed by atoms with Crippen LogP contribution in [0, 0.1) is 0 Å². The summed E-state index contributed by atoms with van der Waals surface area (Å²) in [6, 6.07) is 7.21. The minimum Gasteiger partial charge on any atom is -0.376 e. The number of rotatable bonds is 5. The van der Waals surface area contributed by atoms with Crippen molar-refractivity contribution in [3.63, 3.8) is 0 Å². The minimum absolute atomic E-state index is 0.00329. The zero-order valence-corrected chi connectivity index (χ0v) is 13.2. The molecule has 2 heterocycles. The lowest BCUT2D eigenvalue weighted by Crippen LogP contribution is -2.41. The van der Waals surface area contributed by atoms with Crippen molar-refractivity contribution in [2.24, 2.45) is 0 Å². The van der Waals surface area contributed by atoms with Gasteiger partial charge in [-0.3, -0.25) is 14.2 Å².